The Morgan fingerprint density at radius 1 is 1.18 bits per heavy atom. The molecule has 4 nitrogen and oxygen atoms in total. The molecule has 2 fully saturated rings. The van der Waals surface area contributed by atoms with Crippen LogP contribution in [0.15, 0.2) is 24.3 Å². The Morgan fingerprint density at radius 3 is 2.50 bits per heavy atom. The molecule has 0 saturated carbocycles. The van der Waals surface area contributed by atoms with Gasteiger partial charge in [0.2, 0.25) is 5.91 Å². The van der Waals surface area contributed by atoms with Gasteiger partial charge in [-0.15, -0.1) is 12.4 Å². The molecule has 0 aromatic heterocycles. The van der Waals surface area contributed by atoms with Crippen LogP contribution in [-0.2, 0) is 4.79 Å². The van der Waals surface area contributed by atoms with E-state index in [1.165, 1.54) is 5.56 Å². The van der Waals surface area contributed by atoms with Crippen LogP contribution in [0.2, 0.25) is 0 Å². The largest absolute Gasteiger partial charge is 0.497 e. The van der Waals surface area contributed by atoms with Gasteiger partial charge in [-0.25, -0.2) is 0 Å². The standard InChI is InChI=1S/C17H24N2O2.ClH/c1-21-15-6-4-13(5-7-15)16-3-2-12-19(16)17(20)14-8-10-18-11-9-14;/h4-7,14,16,18H,2-3,8-12H2,1H3;1H. The average Bonchev–Trinajstić information content (AvgIpc) is 3.04. The van der Waals surface area contributed by atoms with Gasteiger partial charge >= 0.3 is 0 Å². The summed E-state index contributed by atoms with van der Waals surface area (Å²) in [6, 6.07) is 8.41. The van der Waals surface area contributed by atoms with Crippen LogP contribution in [0.4, 0.5) is 0 Å². The molecule has 22 heavy (non-hydrogen) atoms. The molecule has 1 N–H and O–H groups in total. The number of methoxy groups -OCH3 is 1. The van der Waals surface area contributed by atoms with E-state index < -0.39 is 0 Å². The first-order chi connectivity index (χ1) is 10.3. The number of rotatable bonds is 3. The van der Waals surface area contributed by atoms with Crippen molar-refractivity contribution in [3.8, 4) is 5.75 Å². The summed E-state index contributed by atoms with van der Waals surface area (Å²) >= 11 is 0. The minimum atomic E-state index is 0. The van der Waals surface area contributed by atoms with E-state index >= 15 is 0 Å². The molecule has 0 spiro atoms. The summed E-state index contributed by atoms with van der Waals surface area (Å²) in [4.78, 5) is 14.9. The number of carbonyl (C=O) groups is 1. The van der Waals surface area contributed by atoms with Gasteiger partial charge in [-0.3, -0.25) is 4.79 Å². The van der Waals surface area contributed by atoms with Crippen LogP contribution >= 0.6 is 12.4 Å². The predicted molar refractivity (Wildman–Crippen MR) is 89.5 cm³/mol. The van der Waals surface area contributed by atoms with Crippen molar-refractivity contribution in [3.05, 3.63) is 29.8 Å². The van der Waals surface area contributed by atoms with Crippen molar-refractivity contribution in [2.45, 2.75) is 31.7 Å². The van der Waals surface area contributed by atoms with Crippen molar-refractivity contribution in [3.63, 3.8) is 0 Å². The summed E-state index contributed by atoms with van der Waals surface area (Å²) in [6.07, 6.45) is 4.13. The zero-order chi connectivity index (χ0) is 14.7. The monoisotopic (exact) mass is 324 g/mol. The van der Waals surface area contributed by atoms with Gasteiger partial charge in [0.05, 0.1) is 13.2 Å². The van der Waals surface area contributed by atoms with E-state index in [1.54, 1.807) is 7.11 Å². The summed E-state index contributed by atoms with van der Waals surface area (Å²) in [5.74, 6) is 1.44. The van der Waals surface area contributed by atoms with Gasteiger partial charge in [-0.1, -0.05) is 12.1 Å². The molecule has 3 rings (SSSR count). The highest BCUT2D eigenvalue weighted by molar-refractivity contribution is 5.85. The molecule has 122 valence electrons. The van der Waals surface area contributed by atoms with E-state index in [1.807, 2.05) is 12.1 Å². The van der Waals surface area contributed by atoms with Crippen LogP contribution in [0.1, 0.15) is 37.3 Å². The first-order valence-corrected chi connectivity index (χ1v) is 7.95. The molecule has 2 heterocycles. The number of piperidine rings is 1. The van der Waals surface area contributed by atoms with Gasteiger partial charge in [0.15, 0.2) is 0 Å². The lowest BCUT2D eigenvalue weighted by Gasteiger charge is -2.31. The van der Waals surface area contributed by atoms with Crippen LogP contribution in [0.3, 0.4) is 0 Å². The molecule has 0 aliphatic carbocycles. The number of amides is 1. The quantitative estimate of drug-likeness (QED) is 0.929. The minimum absolute atomic E-state index is 0. The van der Waals surface area contributed by atoms with Gasteiger partial charge < -0.3 is 15.0 Å². The number of nitrogens with zero attached hydrogens (tertiary/aromatic N) is 1. The van der Waals surface area contributed by atoms with Crippen LogP contribution in [0.25, 0.3) is 0 Å². The van der Waals surface area contributed by atoms with E-state index in [9.17, 15) is 4.79 Å². The molecule has 2 aliphatic heterocycles. The fourth-order valence-electron chi connectivity index (χ4n) is 3.51. The molecule has 1 atom stereocenters. The number of carbonyl (C=O) groups excluding carboxylic acids is 1. The zero-order valence-corrected chi connectivity index (χ0v) is 13.9. The topological polar surface area (TPSA) is 41.6 Å². The van der Waals surface area contributed by atoms with Gasteiger partial charge in [-0.2, -0.15) is 0 Å². The second-order valence-corrected chi connectivity index (χ2v) is 5.99. The number of nitrogens with one attached hydrogen (secondary N) is 1. The average molecular weight is 325 g/mol. The van der Waals surface area contributed by atoms with E-state index in [2.05, 4.69) is 22.3 Å². The van der Waals surface area contributed by atoms with E-state index in [0.717, 1.165) is 51.1 Å². The normalized spacial score (nSPS) is 22.2. The molecule has 5 heteroatoms. The van der Waals surface area contributed by atoms with Crippen LogP contribution in [0.5, 0.6) is 5.75 Å². The van der Waals surface area contributed by atoms with Crippen LogP contribution < -0.4 is 10.1 Å². The number of benzene rings is 1. The smallest absolute Gasteiger partial charge is 0.226 e. The SMILES string of the molecule is COc1ccc(C2CCCN2C(=O)C2CCNCC2)cc1.Cl. The summed E-state index contributed by atoms with van der Waals surface area (Å²) in [7, 11) is 1.68. The Balaban J connectivity index is 0.00000176. The number of ether oxygens (including phenoxy) is 1. The maximum atomic E-state index is 12.8. The first-order valence-electron chi connectivity index (χ1n) is 7.95. The molecular weight excluding hydrogens is 300 g/mol. The fraction of sp³-hybridized carbons (Fsp3) is 0.588. The third-order valence-corrected chi connectivity index (χ3v) is 4.72. The fourth-order valence-corrected chi connectivity index (χ4v) is 3.51. The van der Waals surface area contributed by atoms with Gasteiger partial charge in [0, 0.05) is 12.5 Å². The van der Waals surface area contributed by atoms with Crippen molar-refractivity contribution < 1.29 is 9.53 Å². The van der Waals surface area contributed by atoms with Gasteiger partial charge in [0.1, 0.15) is 5.75 Å². The lowest BCUT2D eigenvalue weighted by molar-refractivity contribution is -0.137. The molecule has 1 aromatic rings. The molecule has 0 radical (unpaired) electrons. The molecule has 1 unspecified atom stereocenters. The summed E-state index contributed by atoms with van der Waals surface area (Å²) in [6.45, 7) is 2.84. The Bertz CT molecular complexity index is 486. The lowest BCUT2D eigenvalue weighted by atomic mass is 9.95. The Hall–Kier alpha value is -1.26. The summed E-state index contributed by atoms with van der Waals surface area (Å²) < 4.78 is 5.21. The molecule has 2 aliphatic rings. The van der Waals surface area contributed by atoms with Gasteiger partial charge in [0.25, 0.3) is 0 Å². The predicted octanol–water partition coefficient (Wildman–Crippen LogP) is 2.78. The highest BCUT2D eigenvalue weighted by atomic mass is 35.5. The number of likely N-dealkylation sites (tertiary alicyclic amines) is 1. The number of halogens is 1. The Kier molecular flexibility index (Phi) is 6.09. The molecule has 1 aromatic carbocycles. The maximum absolute atomic E-state index is 12.8. The number of hydrogen-bond acceptors (Lipinski definition) is 3. The van der Waals surface area contributed by atoms with E-state index in [0.29, 0.717) is 5.91 Å². The molecule has 0 bridgehead atoms. The Labute approximate surface area is 138 Å². The second-order valence-electron chi connectivity index (χ2n) is 5.99. The van der Waals surface area contributed by atoms with Crippen molar-refractivity contribution in [1.82, 2.24) is 10.2 Å². The van der Waals surface area contributed by atoms with Crippen molar-refractivity contribution in [2.24, 2.45) is 5.92 Å². The van der Waals surface area contributed by atoms with E-state index in [-0.39, 0.29) is 24.4 Å². The summed E-state index contributed by atoms with van der Waals surface area (Å²) in [5.41, 5.74) is 1.23. The highest BCUT2D eigenvalue weighted by Gasteiger charge is 2.34. The zero-order valence-electron chi connectivity index (χ0n) is 13.1. The molecule has 1 amide bonds. The van der Waals surface area contributed by atoms with Crippen molar-refractivity contribution >= 4 is 18.3 Å². The van der Waals surface area contributed by atoms with Crippen molar-refractivity contribution in [2.75, 3.05) is 26.7 Å². The summed E-state index contributed by atoms with van der Waals surface area (Å²) in [5, 5.41) is 3.33. The molecule has 2 saturated heterocycles. The maximum Gasteiger partial charge on any atom is 0.226 e. The highest BCUT2D eigenvalue weighted by Crippen LogP contribution is 2.34. The second kappa shape index (κ2) is 7.84. The third-order valence-electron chi connectivity index (χ3n) is 4.72. The van der Waals surface area contributed by atoms with Crippen LogP contribution in [-0.4, -0.2) is 37.6 Å². The Morgan fingerprint density at radius 2 is 1.86 bits per heavy atom. The first kappa shape index (κ1) is 17.1. The van der Waals surface area contributed by atoms with Crippen molar-refractivity contribution in [1.29, 1.82) is 0 Å². The lowest BCUT2D eigenvalue weighted by Crippen LogP contribution is -2.40. The number of hydrogen-bond donors (Lipinski definition) is 1. The minimum Gasteiger partial charge on any atom is -0.497 e. The van der Waals surface area contributed by atoms with E-state index in [4.69, 9.17) is 4.74 Å². The third kappa shape index (κ3) is 3.55. The molecular formula is C17H25ClN2O2. The van der Waals surface area contributed by atoms with Crippen LogP contribution in [0, 0.1) is 5.92 Å². The van der Waals surface area contributed by atoms with Gasteiger partial charge in [-0.05, 0) is 56.5 Å².